The van der Waals surface area contributed by atoms with Gasteiger partial charge in [-0.25, -0.2) is 0 Å². The van der Waals surface area contributed by atoms with Gasteiger partial charge in [-0.3, -0.25) is 0 Å². The molecule has 2 N–H and O–H groups in total. The summed E-state index contributed by atoms with van der Waals surface area (Å²) in [7, 11) is 1.78. The highest BCUT2D eigenvalue weighted by Crippen LogP contribution is 2.45. The van der Waals surface area contributed by atoms with E-state index in [4.69, 9.17) is 10.5 Å². The van der Waals surface area contributed by atoms with E-state index in [9.17, 15) is 0 Å². The van der Waals surface area contributed by atoms with Gasteiger partial charge in [-0.15, -0.1) is 0 Å². The molecule has 1 unspecified atom stereocenters. The van der Waals surface area contributed by atoms with E-state index < -0.39 is 0 Å². The molecule has 1 aromatic carbocycles. The fourth-order valence-corrected chi connectivity index (χ4v) is 2.91. The van der Waals surface area contributed by atoms with Crippen LogP contribution in [0.15, 0.2) is 12.1 Å². The van der Waals surface area contributed by atoms with E-state index in [1.54, 1.807) is 7.11 Å². The molecule has 118 valence electrons. The minimum atomic E-state index is 0.0463. The Balaban J connectivity index is 2.64. The highest BCUT2D eigenvalue weighted by Gasteiger charge is 2.33. The summed E-state index contributed by atoms with van der Waals surface area (Å²) in [6.07, 6.45) is 2.53. The second kappa shape index (κ2) is 5.31. The molecule has 2 heteroatoms. The van der Waals surface area contributed by atoms with Gasteiger partial charge >= 0.3 is 0 Å². The molecule has 2 nitrogen and oxygen atoms in total. The summed E-state index contributed by atoms with van der Waals surface area (Å²) in [6.45, 7) is 13.4. The van der Waals surface area contributed by atoms with E-state index in [0.717, 1.165) is 5.75 Å². The Morgan fingerprint density at radius 2 is 1.43 bits per heavy atom. The van der Waals surface area contributed by atoms with Crippen LogP contribution in [0, 0.1) is 5.92 Å². The normalized spacial score (nSPS) is 17.7. The molecule has 1 aliphatic carbocycles. The predicted octanol–water partition coefficient (Wildman–Crippen LogP) is 4.70. The molecule has 0 bridgehead atoms. The minimum Gasteiger partial charge on any atom is -0.496 e. The predicted molar refractivity (Wildman–Crippen MR) is 90.0 cm³/mol. The van der Waals surface area contributed by atoms with Crippen molar-refractivity contribution in [3.63, 3.8) is 0 Å². The van der Waals surface area contributed by atoms with E-state index in [2.05, 4.69) is 53.7 Å². The van der Waals surface area contributed by atoms with Gasteiger partial charge in [0.2, 0.25) is 0 Å². The maximum Gasteiger partial charge on any atom is 0.126 e. The lowest BCUT2D eigenvalue weighted by Gasteiger charge is -2.31. The lowest BCUT2D eigenvalue weighted by atomic mass is 9.77. The number of benzene rings is 1. The van der Waals surface area contributed by atoms with Crippen LogP contribution >= 0.6 is 0 Å². The highest BCUT2D eigenvalue weighted by atomic mass is 16.5. The van der Waals surface area contributed by atoms with Crippen LogP contribution in [0.5, 0.6) is 5.75 Å². The van der Waals surface area contributed by atoms with Crippen molar-refractivity contribution in [1.29, 1.82) is 0 Å². The number of methoxy groups -OCH3 is 1. The maximum absolute atomic E-state index is 6.48. The topological polar surface area (TPSA) is 35.2 Å². The molecule has 0 aromatic heterocycles. The Kier molecular flexibility index (Phi) is 4.14. The summed E-state index contributed by atoms with van der Waals surface area (Å²) in [5.74, 6) is 1.70. The largest absolute Gasteiger partial charge is 0.496 e. The first kappa shape index (κ1) is 16.4. The molecule has 2 rings (SSSR count). The molecule has 0 radical (unpaired) electrons. The second-order valence-corrected chi connectivity index (χ2v) is 8.51. The number of rotatable bonds is 3. The van der Waals surface area contributed by atoms with Crippen molar-refractivity contribution >= 4 is 0 Å². The maximum atomic E-state index is 6.48. The first-order valence-corrected chi connectivity index (χ1v) is 8.04. The van der Waals surface area contributed by atoms with Crippen LogP contribution < -0.4 is 10.5 Å². The Bertz CT molecular complexity index is 480. The molecule has 0 saturated heterocycles. The molecular formula is C19H31NO. The van der Waals surface area contributed by atoms with E-state index in [-0.39, 0.29) is 16.9 Å². The Morgan fingerprint density at radius 3 is 1.71 bits per heavy atom. The van der Waals surface area contributed by atoms with Crippen LogP contribution in [-0.2, 0) is 10.8 Å². The van der Waals surface area contributed by atoms with Crippen molar-refractivity contribution in [2.24, 2.45) is 11.7 Å². The van der Waals surface area contributed by atoms with Crippen molar-refractivity contribution in [3.05, 3.63) is 28.8 Å². The lowest BCUT2D eigenvalue weighted by molar-refractivity contribution is 0.380. The van der Waals surface area contributed by atoms with Crippen LogP contribution in [-0.4, -0.2) is 7.11 Å². The molecule has 0 amide bonds. The fraction of sp³-hybridized carbons (Fsp3) is 0.684. The van der Waals surface area contributed by atoms with Gasteiger partial charge in [-0.1, -0.05) is 41.5 Å². The SMILES string of the molecule is COc1c(C(C)(C)C)cc(C(N)C2CC2)cc1C(C)(C)C. The van der Waals surface area contributed by atoms with Crippen LogP contribution in [0.2, 0.25) is 0 Å². The van der Waals surface area contributed by atoms with E-state index >= 15 is 0 Å². The molecule has 1 aliphatic rings. The van der Waals surface area contributed by atoms with Gasteiger partial charge in [0.1, 0.15) is 5.75 Å². The first-order valence-electron chi connectivity index (χ1n) is 8.04. The average Bonchev–Trinajstić information content (AvgIpc) is 3.18. The Morgan fingerprint density at radius 1 is 1.00 bits per heavy atom. The standard InChI is InChI=1S/C19H31NO/c1-18(2,3)14-10-13(16(20)12-8-9-12)11-15(17(14)21-7)19(4,5)6/h10-12,16H,8-9,20H2,1-7H3. The van der Waals surface area contributed by atoms with Gasteiger partial charge in [0.15, 0.2) is 0 Å². The van der Waals surface area contributed by atoms with E-state index in [1.807, 2.05) is 0 Å². The van der Waals surface area contributed by atoms with Crippen molar-refractivity contribution in [3.8, 4) is 5.75 Å². The summed E-state index contributed by atoms with van der Waals surface area (Å²) in [5.41, 5.74) is 10.4. The van der Waals surface area contributed by atoms with Crippen molar-refractivity contribution in [2.75, 3.05) is 7.11 Å². The van der Waals surface area contributed by atoms with Crippen molar-refractivity contribution in [2.45, 2.75) is 71.3 Å². The van der Waals surface area contributed by atoms with Gasteiger partial charge in [0.05, 0.1) is 7.11 Å². The number of nitrogens with two attached hydrogens (primary N) is 1. The van der Waals surface area contributed by atoms with Gasteiger partial charge < -0.3 is 10.5 Å². The smallest absolute Gasteiger partial charge is 0.126 e. The van der Waals surface area contributed by atoms with E-state index in [0.29, 0.717) is 5.92 Å². The second-order valence-electron chi connectivity index (χ2n) is 8.51. The molecule has 1 atom stereocenters. The summed E-state index contributed by atoms with van der Waals surface area (Å²) in [6, 6.07) is 4.71. The molecule has 0 heterocycles. The zero-order chi connectivity index (χ0) is 16.0. The fourth-order valence-electron chi connectivity index (χ4n) is 2.91. The van der Waals surface area contributed by atoms with Crippen LogP contribution in [0.25, 0.3) is 0 Å². The number of hydrogen-bond acceptors (Lipinski definition) is 2. The number of hydrogen-bond donors (Lipinski definition) is 1. The summed E-state index contributed by atoms with van der Waals surface area (Å²) in [4.78, 5) is 0. The molecular weight excluding hydrogens is 258 g/mol. The molecule has 21 heavy (non-hydrogen) atoms. The van der Waals surface area contributed by atoms with Crippen LogP contribution in [0.1, 0.15) is 77.1 Å². The van der Waals surface area contributed by atoms with Gasteiger partial charge in [0, 0.05) is 17.2 Å². The third-order valence-corrected chi connectivity index (χ3v) is 4.45. The number of ether oxygens (including phenoxy) is 1. The Labute approximate surface area is 130 Å². The zero-order valence-electron chi connectivity index (χ0n) is 14.7. The average molecular weight is 289 g/mol. The van der Waals surface area contributed by atoms with Gasteiger partial charge in [-0.05, 0) is 47.3 Å². The monoisotopic (exact) mass is 289 g/mol. The molecule has 1 aromatic rings. The molecule has 0 aliphatic heterocycles. The zero-order valence-corrected chi connectivity index (χ0v) is 14.7. The van der Waals surface area contributed by atoms with Crippen LogP contribution in [0.3, 0.4) is 0 Å². The van der Waals surface area contributed by atoms with Crippen molar-refractivity contribution < 1.29 is 4.74 Å². The minimum absolute atomic E-state index is 0.0463. The highest BCUT2D eigenvalue weighted by molar-refractivity contribution is 5.51. The first-order chi connectivity index (χ1) is 9.55. The summed E-state index contributed by atoms with van der Waals surface area (Å²) >= 11 is 0. The van der Waals surface area contributed by atoms with Crippen molar-refractivity contribution in [1.82, 2.24) is 0 Å². The summed E-state index contributed by atoms with van der Waals surface area (Å²) < 4.78 is 5.80. The lowest BCUT2D eigenvalue weighted by Crippen LogP contribution is -2.22. The van der Waals surface area contributed by atoms with Crippen LogP contribution in [0.4, 0.5) is 0 Å². The molecule has 0 spiro atoms. The summed E-state index contributed by atoms with van der Waals surface area (Å²) in [5, 5.41) is 0. The third-order valence-electron chi connectivity index (χ3n) is 4.45. The third kappa shape index (κ3) is 3.42. The molecule has 1 fully saturated rings. The van der Waals surface area contributed by atoms with Gasteiger partial charge in [-0.2, -0.15) is 0 Å². The molecule has 1 saturated carbocycles. The quantitative estimate of drug-likeness (QED) is 0.875. The van der Waals surface area contributed by atoms with E-state index in [1.165, 1.54) is 29.5 Å². The Hall–Kier alpha value is -1.02. The van der Waals surface area contributed by atoms with Gasteiger partial charge in [0.25, 0.3) is 0 Å².